The van der Waals surface area contributed by atoms with Crippen LogP contribution in [0, 0.1) is 0 Å². The van der Waals surface area contributed by atoms with E-state index in [1.165, 1.54) is 28.1 Å². The molecule has 0 radical (unpaired) electrons. The van der Waals surface area contributed by atoms with Crippen molar-refractivity contribution >= 4 is 46.7 Å². The van der Waals surface area contributed by atoms with E-state index in [4.69, 9.17) is 36.3 Å². The second kappa shape index (κ2) is 15.2. The number of rotatable bonds is 7. The Labute approximate surface area is 264 Å². The molecule has 9 atom stereocenters. The number of aromatic hydroxyl groups is 1. The number of ether oxygens (including phenoxy) is 2. The number of carboxylic acid groups (broad SMARTS) is 1. The largest absolute Gasteiger partial charge is 0.492 e. The number of thiol groups is 1. The monoisotopic (exact) mass is 670 g/mol. The fraction of sp³-hybridized carbons (Fsp3) is 0.542. The van der Waals surface area contributed by atoms with Gasteiger partial charge in [-0.15, -0.1) is 0 Å². The molecule has 2 fully saturated rings. The van der Waals surface area contributed by atoms with Crippen molar-refractivity contribution in [1.82, 2.24) is 39.0 Å². The number of aromatic nitrogens is 8. The molecule has 2 saturated heterocycles. The van der Waals surface area contributed by atoms with Crippen LogP contribution in [0.5, 0.6) is 5.88 Å². The van der Waals surface area contributed by atoms with Crippen LogP contribution in [0.25, 0.3) is 22.3 Å². The van der Waals surface area contributed by atoms with Crippen molar-refractivity contribution in [2.45, 2.75) is 61.5 Å². The highest BCUT2D eigenvalue weighted by Crippen LogP contribution is 2.33. The van der Waals surface area contributed by atoms with Crippen LogP contribution in [0.3, 0.4) is 0 Å². The minimum Gasteiger partial charge on any atom is -0.492 e. The third-order valence-corrected chi connectivity index (χ3v) is 7.32. The lowest BCUT2D eigenvalue weighted by atomic mass is 10.1. The van der Waals surface area contributed by atoms with E-state index < -0.39 is 74.3 Å². The van der Waals surface area contributed by atoms with E-state index >= 15 is 0 Å². The first-order valence-corrected chi connectivity index (χ1v) is 14.2. The van der Waals surface area contributed by atoms with Gasteiger partial charge in [0.1, 0.15) is 60.8 Å². The average molecular weight is 671 g/mol. The first-order chi connectivity index (χ1) is 21.9. The maximum atomic E-state index is 9.95. The lowest BCUT2D eigenvalue weighted by Crippen LogP contribution is -2.33. The highest BCUT2D eigenvalue weighted by atomic mass is 32.1. The van der Waals surface area contributed by atoms with E-state index in [-0.39, 0.29) is 22.9 Å². The fourth-order valence-corrected chi connectivity index (χ4v) is 4.84. The molecule has 0 amide bonds. The predicted molar refractivity (Wildman–Crippen MR) is 157 cm³/mol. The number of anilines is 1. The number of hydrogen-bond acceptors (Lipinski definition) is 19. The van der Waals surface area contributed by atoms with Crippen molar-refractivity contribution in [3.8, 4) is 5.88 Å². The Balaban J connectivity index is 0.000000170. The van der Waals surface area contributed by atoms with Gasteiger partial charge in [0.25, 0.3) is 0 Å². The summed E-state index contributed by atoms with van der Waals surface area (Å²) >= 11 is 3.81. The minimum absolute atomic E-state index is 0.167. The number of hydrogen-bond donors (Lipinski definition) is 11. The summed E-state index contributed by atoms with van der Waals surface area (Å²) in [6, 6.07) is -0.743. The van der Waals surface area contributed by atoms with Gasteiger partial charge in [-0.25, -0.2) is 24.9 Å². The molecule has 0 spiro atoms. The smallest absolute Gasteiger partial charge is 0.320 e. The van der Waals surface area contributed by atoms with Crippen molar-refractivity contribution in [3.05, 3.63) is 25.3 Å². The molecule has 0 aromatic carbocycles. The summed E-state index contributed by atoms with van der Waals surface area (Å²) in [5, 5.41) is 75.1. The molecule has 4 aromatic rings. The quantitative estimate of drug-likeness (QED) is 0.0832. The molecule has 12 N–H and O–H groups in total. The Morgan fingerprint density at radius 2 is 1.30 bits per heavy atom. The van der Waals surface area contributed by atoms with E-state index in [0.29, 0.717) is 23.3 Å². The van der Waals surface area contributed by atoms with Crippen LogP contribution >= 0.6 is 12.6 Å². The number of carbonyl (C=O) groups is 1. The molecular weight excluding hydrogens is 636 g/mol. The molecule has 252 valence electrons. The Hall–Kier alpha value is -3.84. The lowest BCUT2D eigenvalue weighted by Gasteiger charge is -2.16. The standard InChI is InChI=1S/C10H13N5O4.C10H12N4O5.C4H9NO2S/c11-8-5-9(13-2-12-8)15(3-14-5)10-7(18)6(17)4(1-16)19-10;15-1-4-6(16)7(17)10(19-4)14-3-13-5-8(14)11-2-12-9(5)18;5-3(1-2-8)4(6)7/h2-4,6-7,10,16-18H,1H2,(H2,11,12,13);2-4,6-7,10,15-17H,1H2,(H,11,12,18);3,8H,1-2,5H2,(H,6,7)/t2*4-,6-,7-,10-;/m11./s1. The summed E-state index contributed by atoms with van der Waals surface area (Å²) in [5.74, 6) is -0.502. The summed E-state index contributed by atoms with van der Waals surface area (Å²) < 4.78 is 13.6. The zero-order valence-electron chi connectivity index (χ0n) is 23.8. The number of aliphatic carboxylic acids is 1. The third kappa shape index (κ3) is 7.10. The van der Waals surface area contributed by atoms with Crippen LogP contribution in [0.1, 0.15) is 18.9 Å². The van der Waals surface area contributed by atoms with E-state index in [0.717, 1.165) is 6.33 Å². The Morgan fingerprint density at radius 1 is 0.826 bits per heavy atom. The molecule has 2 aliphatic heterocycles. The molecule has 6 heterocycles. The molecule has 21 nitrogen and oxygen atoms in total. The SMILES string of the molecule is NC(CCS)C(=O)O.Nc1ncnc2c1ncn2[C@@H]1O[C@H](CO)[C@@H](O)[C@H]1O.OC[C@H]1O[C@@H](n2cnc3c(O)ncnc32)[C@H](O)[C@@H]1O. The van der Waals surface area contributed by atoms with Crippen LogP contribution in [-0.4, -0.2) is 147 Å². The summed E-state index contributed by atoms with van der Waals surface area (Å²) in [7, 11) is 0. The van der Waals surface area contributed by atoms with Crippen LogP contribution in [0.2, 0.25) is 0 Å². The molecule has 4 aromatic heterocycles. The first-order valence-electron chi connectivity index (χ1n) is 13.6. The van der Waals surface area contributed by atoms with Crippen LogP contribution < -0.4 is 11.5 Å². The van der Waals surface area contributed by atoms with Gasteiger partial charge in [0.2, 0.25) is 5.88 Å². The van der Waals surface area contributed by atoms with Gasteiger partial charge in [0.15, 0.2) is 35.1 Å². The number of nitrogen functional groups attached to an aromatic ring is 1. The Bertz CT molecular complexity index is 1510. The molecule has 46 heavy (non-hydrogen) atoms. The summed E-state index contributed by atoms with van der Waals surface area (Å²) in [5.41, 5.74) is 12.0. The highest BCUT2D eigenvalue weighted by molar-refractivity contribution is 7.80. The molecule has 22 heteroatoms. The zero-order valence-corrected chi connectivity index (χ0v) is 24.7. The fourth-order valence-electron chi connectivity index (χ4n) is 4.56. The predicted octanol–water partition coefficient (Wildman–Crippen LogP) is -4.12. The van der Waals surface area contributed by atoms with Crippen molar-refractivity contribution < 1.29 is 55.1 Å². The Morgan fingerprint density at radius 3 is 1.74 bits per heavy atom. The minimum atomic E-state index is -1.23. The van der Waals surface area contributed by atoms with Gasteiger partial charge in [-0.2, -0.15) is 17.6 Å². The number of nitrogens with two attached hydrogens (primary N) is 2. The van der Waals surface area contributed by atoms with Crippen molar-refractivity contribution in [2.24, 2.45) is 5.73 Å². The molecule has 2 aliphatic rings. The van der Waals surface area contributed by atoms with E-state index in [1.54, 1.807) is 0 Å². The molecule has 0 saturated carbocycles. The third-order valence-electron chi connectivity index (χ3n) is 7.07. The van der Waals surface area contributed by atoms with Gasteiger partial charge in [0, 0.05) is 0 Å². The van der Waals surface area contributed by atoms with E-state index in [2.05, 4.69) is 42.5 Å². The van der Waals surface area contributed by atoms with Crippen molar-refractivity contribution in [3.63, 3.8) is 0 Å². The summed E-state index contributed by atoms with van der Waals surface area (Å²) in [6.07, 6.45) is -2.78. The second-order valence-electron chi connectivity index (χ2n) is 10.0. The highest BCUT2D eigenvalue weighted by Gasteiger charge is 2.45. The maximum Gasteiger partial charge on any atom is 0.320 e. The number of aliphatic hydroxyl groups is 6. The molecule has 6 rings (SSSR count). The maximum absolute atomic E-state index is 9.95. The lowest BCUT2D eigenvalue weighted by molar-refractivity contribution is -0.138. The topological polar surface area (TPSA) is 337 Å². The number of fused-ring (bicyclic) bond motifs is 2. The van der Waals surface area contributed by atoms with Crippen LogP contribution in [0.4, 0.5) is 5.82 Å². The van der Waals surface area contributed by atoms with E-state index in [1.807, 2.05) is 0 Å². The van der Waals surface area contributed by atoms with Crippen molar-refractivity contribution in [1.29, 1.82) is 0 Å². The normalized spacial score (nSPS) is 28.0. The van der Waals surface area contributed by atoms with E-state index in [9.17, 15) is 30.3 Å². The first kappa shape index (κ1) is 35.0. The molecular formula is C24H34N10O11S. The number of aliphatic hydroxyl groups excluding tert-OH is 6. The van der Waals surface area contributed by atoms with Gasteiger partial charge in [0.05, 0.1) is 25.9 Å². The molecule has 0 aliphatic carbocycles. The van der Waals surface area contributed by atoms with Crippen LogP contribution in [0.15, 0.2) is 25.3 Å². The molecule has 1 unspecified atom stereocenters. The van der Waals surface area contributed by atoms with Gasteiger partial charge in [-0.3, -0.25) is 13.9 Å². The van der Waals surface area contributed by atoms with Gasteiger partial charge >= 0.3 is 5.97 Å². The number of nitrogens with zero attached hydrogens (tertiary/aromatic N) is 8. The second-order valence-corrected chi connectivity index (χ2v) is 10.5. The molecule has 0 bridgehead atoms. The average Bonchev–Trinajstić information content (AvgIpc) is 3.80. The van der Waals surface area contributed by atoms with Gasteiger partial charge < -0.3 is 61.8 Å². The number of carboxylic acids is 1. The van der Waals surface area contributed by atoms with Crippen molar-refractivity contribution in [2.75, 3.05) is 24.7 Å². The van der Waals surface area contributed by atoms with Gasteiger partial charge in [-0.1, -0.05) is 0 Å². The van der Waals surface area contributed by atoms with Gasteiger partial charge in [-0.05, 0) is 12.2 Å². The number of imidazole rings is 2. The summed E-state index contributed by atoms with van der Waals surface area (Å²) in [6.45, 7) is -0.805. The Kier molecular flexibility index (Phi) is 11.5. The summed E-state index contributed by atoms with van der Waals surface area (Å²) in [4.78, 5) is 33.3. The van der Waals surface area contributed by atoms with Crippen LogP contribution in [-0.2, 0) is 14.3 Å². The zero-order chi connectivity index (χ0) is 33.7.